The summed E-state index contributed by atoms with van der Waals surface area (Å²) >= 11 is 0. The van der Waals surface area contributed by atoms with Gasteiger partial charge in [0, 0.05) is 49.7 Å². The zero-order valence-corrected chi connectivity index (χ0v) is 36.7. The second-order valence-electron chi connectivity index (χ2n) is 17.3. The molecule has 314 valence electrons. The number of para-hydroxylation sites is 4. The van der Waals surface area contributed by atoms with Gasteiger partial charge in [0.15, 0.2) is 0 Å². The smallest absolute Gasteiger partial charge is 0.0541 e. The molecule has 0 amide bonds. The minimum absolute atomic E-state index is 1.09. The highest BCUT2D eigenvalue weighted by Gasteiger charge is 2.20. The number of nitrogens with zero attached hydrogens (tertiary/aromatic N) is 3. The number of aromatic nitrogens is 2. The van der Waals surface area contributed by atoms with Gasteiger partial charge in [0.2, 0.25) is 0 Å². The standard InChI is InChI=1S/C64H43N3/c1-3-15-44(16-4-1)45-27-34-50(35-28-45)65(51-36-29-46(30-37-51)47-31-38-52(39-32-47)67-60-24-12-9-21-56(60)57-22-10-13-25-61(57)67)63-42-40-53(54-19-7-8-20-55(54)63)48-33-41-64-59(43-48)58-23-11-14-26-62(58)66(64)49-17-5-2-6-18-49/h1-43H. The van der Waals surface area contributed by atoms with E-state index in [4.69, 9.17) is 0 Å². The highest BCUT2D eigenvalue weighted by atomic mass is 15.1. The summed E-state index contributed by atoms with van der Waals surface area (Å²) in [5, 5.41) is 7.41. The molecule has 0 saturated heterocycles. The molecule has 13 aromatic rings. The molecule has 13 rings (SSSR count). The number of hydrogen-bond acceptors (Lipinski definition) is 1. The van der Waals surface area contributed by atoms with Crippen LogP contribution in [0, 0.1) is 0 Å². The van der Waals surface area contributed by atoms with Gasteiger partial charge in [-0.15, -0.1) is 0 Å². The molecular weight excluding hydrogens is 811 g/mol. The van der Waals surface area contributed by atoms with E-state index >= 15 is 0 Å². The molecule has 0 N–H and O–H groups in total. The predicted molar refractivity (Wildman–Crippen MR) is 284 cm³/mol. The average Bonchev–Trinajstić information content (AvgIpc) is 3.92. The van der Waals surface area contributed by atoms with Crippen molar-refractivity contribution >= 4 is 71.4 Å². The molecule has 0 bridgehead atoms. The summed E-state index contributed by atoms with van der Waals surface area (Å²) in [6, 6.07) is 94.8. The molecule has 11 aromatic carbocycles. The van der Waals surface area contributed by atoms with Crippen molar-refractivity contribution in [3.63, 3.8) is 0 Å². The van der Waals surface area contributed by atoms with Crippen LogP contribution in [0.25, 0.3) is 99.1 Å². The minimum atomic E-state index is 1.09. The molecule has 0 saturated carbocycles. The van der Waals surface area contributed by atoms with Crippen molar-refractivity contribution in [1.29, 1.82) is 0 Å². The maximum Gasteiger partial charge on any atom is 0.0541 e. The van der Waals surface area contributed by atoms with Crippen LogP contribution >= 0.6 is 0 Å². The van der Waals surface area contributed by atoms with Gasteiger partial charge in [-0.1, -0.05) is 176 Å². The van der Waals surface area contributed by atoms with Gasteiger partial charge in [-0.05, 0) is 124 Å². The largest absolute Gasteiger partial charge is 0.310 e. The van der Waals surface area contributed by atoms with Gasteiger partial charge in [-0.25, -0.2) is 0 Å². The second-order valence-corrected chi connectivity index (χ2v) is 17.3. The maximum atomic E-state index is 2.41. The van der Waals surface area contributed by atoms with Crippen molar-refractivity contribution in [3.8, 4) is 44.8 Å². The van der Waals surface area contributed by atoms with E-state index in [0.717, 1.165) is 28.4 Å². The monoisotopic (exact) mass is 853 g/mol. The second kappa shape index (κ2) is 16.0. The Kier molecular flexibility index (Phi) is 9.17. The van der Waals surface area contributed by atoms with Crippen LogP contribution in [0.15, 0.2) is 261 Å². The third-order valence-corrected chi connectivity index (χ3v) is 13.5. The Morgan fingerprint density at radius 2 is 0.627 bits per heavy atom. The summed E-state index contributed by atoms with van der Waals surface area (Å²) in [7, 11) is 0. The van der Waals surface area contributed by atoms with Crippen LogP contribution in [0.2, 0.25) is 0 Å². The fourth-order valence-corrected chi connectivity index (χ4v) is 10.4. The lowest BCUT2D eigenvalue weighted by Gasteiger charge is -2.28. The first-order valence-corrected chi connectivity index (χ1v) is 23.0. The Hall–Kier alpha value is -8.92. The van der Waals surface area contributed by atoms with Gasteiger partial charge in [0.25, 0.3) is 0 Å². The minimum Gasteiger partial charge on any atom is -0.310 e. The van der Waals surface area contributed by atoms with Gasteiger partial charge in [0.05, 0.1) is 27.8 Å². The Bertz CT molecular complexity index is 3880. The molecule has 2 aromatic heterocycles. The molecule has 0 aliphatic heterocycles. The van der Waals surface area contributed by atoms with Crippen molar-refractivity contribution < 1.29 is 0 Å². The first kappa shape index (κ1) is 38.5. The summed E-state index contributed by atoms with van der Waals surface area (Å²) in [6.07, 6.45) is 0. The SMILES string of the molecule is c1ccc(-c2ccc(N(c3ccc(-c4ccc(-n5c6ccccc6c6ccccc65)cc4)cc3)c3ccc(-c4ccc5c(c4)c4ccccc4n5-c4ccccc4)c4ccccc34)cc2)cc1. The lowest BCUT2D eigenvalue weighted by Crippen LogP contribution is -2.10. The molecule has 0 aliphatic carbocycles. The van der Waals surface area contributed by atoms with Crippen LogP contribution in [-0.4, -0.2) is 9.13 Å². The Morgan fingerprint density at radius 1 is 0.239 bits per heavy atom. The summed E-state index contributed by atoms with van der Waals surface area (Å²) < 4.78 is 4.75. The maximum absolute atomic E-state index is 2.41. The average molecular weight is 854 g/mol. The number of benzene rings is 11. The quantitative estimate of drug-likeness (QED) is 0.148. The Morgan fingerprint density at radius 3 is 1.18 bits per heavy atom. The molecule has 3 heteroatoms. The van der Waals surface area contributed by atoms with Gasteiger partial charge < -0.3 is 14.0 Å². The molecule has 2 heterocycles. The number of hydrogen-bond donors (Lipinski definition) is 0. The van der Waals surface area contributed by atoms with Crippen LogP contribution in [0.4, 0.5) is 17.1 Å². The van der Waals surface area contributed by atoms with Crippen molar-refractivity contribution in [2.75, 3.05) is 4.90 Å². The van der Waals surface area contributed by atoms with Crippen molar-refractivity contribution in [1.82, 2.24) is 9.13 Å². The fraction of sp³-hybridized carbons (Fsp3) is 0. The van der Waals surface area contributed by atoms with Gasteiger partial charge >= 0.3 is 0 Å². The van der Waals surface area contributed by atoms with Crippen LogP contribution < -0.4 is 4.90 Å². The number of fused-ring (bicyclic) bond motifs is 7. The normalized spacial score (nSPS) is 11.6. The van der Waals surface area contributed by atoms with Crippen LogP contribution in [0.1, 0.15) is 0 Å². The van der Waals surface area contributed by atoms with Crippen molar-refractivity contribution in [2.45, 2.75) is 0 Å². The van der Waals surface area contributed by atoms with E-state index in [2.05, 4.69) is 275 Å². The third-order valence-electron chi connectivity index (χ3n) is 13.5. The number of anilines is 3. The lowest BCUT2D eigenvalue weighted by atomic mass is 9.95. The zero-order chi connectivity index (χ0) is 44.3. The molecule has 0 fully saturated rings. The van der Waals surface area contributed by atoms with E-state index in [1.54, 1.807) is 0 Å². The van der Waals surface area contributed by atoms with E-state index in [9.17, 15) is 0 Å². The Balaban J connectivity index is 0.907. The van der Waals surface area contributed by atoms with Crippen LogP contribution in [-0.2, 0) is 0 Å². The summed E-state index contributed by atoms with van der Waals surface area (Å²) in [5.41, 5.74) is 17.6. The van der Waals surface area contributed by atoms with Crippen molar-refractivity contribution in [3.05, 3.63) is 261 Å². The molecule has 0 unspecified atom stereocenters. The molecular formula is C64H43N3. The van der Waals surface area contributed by atoms with Crippen molar-refractivity contribution in [2.24, 2.45) is 0 Å². The molecule has 3 nitrogen and oxygen atoms in total. The fourth-order valence-electron chi connectivity index (χ4n) is 10.4. The topological polar surface area (TPSA) is 13.1 Å². The number of rotatable bonds is 8. The van der Waals surface area contributed by atoms with E-state index in [1.165, 1.54) is 87.8 Å². The summed E-state index contributed by atoms with van der Waals surface area (Å²) in [5.74, 6) is 0. The van der Waals surface area contributed by atoms with E-state index in [-0.39, 0.29) is 0 Å². The third kappa shape index (κ3) is 6.51. The Labute approximate surface area is 389 Å². The zero-order valence-electron chi connectivity index (χ0n) is 36.7. The van der Waals surface area contributed by atoms with Gasteiger partial charge in [0.1, 0.15) is 0 Å². The summed E-state index contributed by atoms with van der Waals surface area (Å²) in [6.45, 7) is 0. The van der Waals surface area contributed by atoms with E-state index in [1.807, 2.05) is 0 Å². The van der Waals surface area contributed by atoms with E-state index in [0.29, 0.717) is 0 Å². The predicted octanol–water partition coefficient (Wildman–Crippen LogP) is 17.5. The first-order chi connectivity index (χ1) is 33.2. The molecule has 67 heavy (non-hydrogen) atoms. The lowest BCUT2D eigenvalue weighted by molar-refractivity contribution is 1.18. The molecule has 0 aliphatic rings. The highest BCUT2D eigenvalue weighted by Crippen LogP contribution is 2.44. The highest BCUT2D eigenvalue weighted by molar-refractivity contribution is 6.13. The van der Waals surface area contributed by atoms with Gasteiger partial charge in [-0.3, -0.25) is 0 Å². The summed E-state index contributed by atoms with van der Waals surface area (Å²) in [4.78, 5) is 2.41. The van der Waals surface area contributed by atoms with Crippen LogP contribution in [0.5, 0.6) is 0 Å². The molecule has 0 atom stereocenters. The molecule has 0 spiro atoms. The van der Waals surface area contributed by atoms with E-state index < -0.39 is 0 Å². The van der Waals surface area contributed by atoms with Gasteiger partial charge in [-0.2, -0.15) is 0 Å². The first-order valence-electron chi connectivity index (χ1n) is 23.0. The molecule has 0 radical (unpaired) electrons. The van der Waals surface area contributed by atoms with Crippen LogP contribution in [0.3, 0.4) is 0 Å².